The maximum absolute atomic E-state index is 13.0. The zero-order chi connectivity index (χ0) is 18.0. The Balaban J connectivity index is 1.45. The first-order chi connectivity index (χ1) is 12.7. The van der Waals surface area contributed by atoms with Crippen molar-refractivity contribution >= 4 is 28.8 Å². The van der Waals surface area contributed by atoms with Gasteiger partial charge in [-0.1, -0.05) is 23.7 Å². The second-order valence-electron chi connectivity index (χ2n) is 7.20. The Labute approximate surface area is 163 Å². The van der Waals surface area contributed by atoms with Gasteiger partial charge in [0, 0.05) is 12.6 Å². The Morgan fingerprint density at radius 2 is 2.12 bits per heavy atom. The predicted molar refractivity (Wildman–Crippen MR) is 105 cm³/mol. The number of amides is 1. The highest BCUT2D eigenvalue weighted by Gasteiger charge is 2.57. The monoisotopic (exact) mass is 390 g/mol. The molecule has 1 unspecified atom stereocenters. The Morgan fingerprint density at radius 3 is 2.85 bits per heavy atom. The van der Waals surface area contributed by atoms with Crippen LogP contribution in [0.25, 0.3) is 0 Å². The average molecular weight is 391 g/mol. The first kappa shape index (κ1) is 17.8. The number of benzene rings is 1. The van der Waals surface area contributed by atoms with Crippen LogP contribution in [0, 0.1) is 5.41 Å². The zero-order valence-electron chi connectivity index (χ0n) is 14.6. The van der Waals surface area contributed by atoms with E-state index in [-0.39, 0.29) is 12.5 Å². The Hall–Kier alpha value is -1.56. The van der Waals surface area contributed by atoms with E-state index in [2.05, 4.69) is 22.1 Å². The fraction of sp³-hybridized carbons (Fsp3) is 0.450. The fourth-order valence-electron chi connectivity index (χ4n) is 3.96. The quantitative estimate of drug-likeness (QED) is 0.811. The normalized spacial score (nSPS) is 20.7. The van der Waals surface area contributed by atoms with Crippen molar-refractivity contribution in [3.63, 3.8) is 0 Å². The Kier molecular flexibility index (Phi) is 5.20. The van der Waals surface area contributed by atoms with Gasteiger partial charge >= 0.3 is 0 Å². The number of halogens is 1. The van der Waals surface area contributed by atoms with Crippen LogP contribution in [0.5, 0.6) is 5.75 Å². The molecule has 2 aliphatic rings. The number of carbonyl (C=O) groups is 1. The molecule has 2 heterocycles. The van der Waals surface area contributed by atoms with Gasteiger partial charge in [0.15, 0.2) is 6.61 Å². The molecule has 2 aromatic rings. The molecule has 1 amide bonds. The van der Waals surface area contributed by atoms with Gasteiger partial charge in [0.2, 0.25) is 0 Å². The van der Waals surface area contributed by atoms with E-state index in [4.69, 9.17) is 16.3 Å². The first-order valence-corrected chi connectivity index (χ1v) is 10.4. The molecule has 1 aliphatic carbocycles. The molecule has 138 valence electrons. The second kappa shape index (κ2) is 7.59. The molecule has 2 fully saturated rings. The average Bonchev–Trinajstić information content (AvgIpc) is 3.08. The van der Waals surface area contributed by atoms with Gasteiger partial charge in [0.05, 0.1) is 5.02 Å². The molecular weight excluding hydrogens is 368 g/mol. The van der Waals surface area contributed by atoms with E-state index >= 15 is 0 Å². The van der Waals surface area contributed by atoms with Crippen molar-refractivity contribution in [2.75, 3.05) is 19.7 Å². The number of para-hydroxylation sites is 1. The van der Waals surface area contributed by atoms with Crippen LogP contribution in [0.15, 0.2) is 41.1 Å². The highest BCUT2D eigenvalue weighted by atomic mass is 35.5. The lowest BCUT2D eigenvalue weighted by atomic mass is 9.93. The second-order valence-corrected chi connectivity index (χ2v) is 8.39. The lowest BCUT2D eigenvalue weighted by Gasteiger charge is -2.29. The predicted octanol–water partition coefficient (Wildman–Crippen LogP) is 3.95. The van der Waals surface area contributed by atoms with Gasteiger partial charge in [-0.2, -0.15) is 11.3 Å². The number of piperidine rings is 1. The van der Waals surface area contributed by atoms with Crippen molar-refractivity contribution < 1.29 is 9.53 Å². The highest BCUT2D eigenvalue weighted by molar-refractivity contribution is 7.07. The third-order valence-corrected chi connectivity index (χ3v) is 6.61. The number of hydrogen-bond donors (Lipinski definition) is 1. The molecule has 6 heteroatoms. The molecule has 1 N–H and O–H groups in total. The van der Waals surface area contributed by atoms with E-state index in [0.717, 1.165) is 32.4 Å². The standard InChI is InChI=1S/C20H23ClN2O2S/c21-16-3-1-2-4-17(16)25-13-19(24)23(12-15-5-10-26-14-15)18-11-20(18)6-8-22-9-7-20/h1-5,10,14,18,22H,6-9,11-13H2. The van der Waals surface area contributed by atoms with Gasteiger partial charge in [0.25, 0.3) is 5.91 Å². The topological polar surface area (TPSA) is 41.6 Å². The summed E-state index contributed by atoms with van der Waals surface area (Å²) in [5.41, 5.74) is 1.50. The number of carbonyl (C=O) groups excluding carboxylic acids is 1. The molecule has 0 radical (unpaired) electrons. The van der Waals surface area contributed by atoms with Gasteiger partial charge < -0.3 is 15.0 Å². The molecule has 0 bridgehead atoms. The summed E-state index contributed by atoms with van der Waals surface area (Å²) in [5, 5.41) is 8.14. The van der Waals surface area contributed by atoms with Crippen LogP contribution < -0.4 is 10.1 Å². The van der Waals surface area contributed by atoms with Crippen molar-refractivity contribution in [2.24, 2.45) is 5.41 Å². The minimum absolute atomic E-state index is 0.0265. The number of nitrogens with zero attached hydrogens (tertiary/aromatic N) is 1. The summed E-state index contributed by atoms with van der Waals surface area (Å²) >= 11 is 7.81. The summed E-state index contributed by atoms with van der Waals surface area (Å²) in [7, 11) is 0. The van der Waals surface area contributed by atoms with Crippen LogP contribution in [-0.4, -0.2) is 36.5 Å². The first-order valence-electron chi connectivity index (χ1n) is 9.07. The summed E-state index contributed by atoms with van der Waals surface area (Å²) in [6.45, 7) is 2.78. The highest BCUT2D eigenvalue weighted by Crippen LogP contribution is 2.56. The summed E-state index contributed by atoms with van der Waals surface area (Å²) in [6, 6.07) is 9.70. The van der Waals surface area contributed by atoms with Crippen LogP contribution in [-0.2, 0) is 11.3 Å². The molecule has 1 aliphatic heterocycles. The van der Waals surface area contributed by atoms with Crippen molar-refractivity contribution in [1.82, 2.24) is 10.2 Å². The number of rotatable bonds is 6. The third-order valence-electron chi connectivity index (χ3n) is 5.56. The van der Waals surface area contributed by atoms with E-state index in [1.54, 1.807) is 23.5 Å². The lowest BCUT2D eigenvalue weighted by molar-refractivity contribution is -0.135. The van der Waals surface area contributed by atoms with Crippen LogP contribution in [0.4, 0.5) is 0 Å². The molecule has 4 rings (SSSR count). The molecule has 26 heavy (non-hydrogen) atoms. The molecule has 1 saturated heterocycles. The van der Waals surface area contributed by atoms with Crippen LogP contribution in [0.2, 0.25) is 5.02 Å². The van der Waals surface area contributed by atoms with Crippen molar-refractivity contribution in [3.05, 3.63) is 51.7 Å². The SMILES string of the molecule is O=C(COc1ccccc1Cl)N(Cc1ccsc1)C1CC12CCNCC2. The Morgan fingerprint density at radius 1 is 1.31 bits per heavy atom. The van der Waals surface area contributed by atoms with E-state index in [1.807, 2.05) is 17.0 Å². The van der Waals surface area contributed by atoms with Gasteiger partial charge in [-0.25, -0.2) is 0 Å². The number of thiophene rings is 1. The van der Waals surface area contributed by atoms with Gasteiger partial charge in [-0.3, -0.25) is 4.79 Å². The fourth-order valence-corrected chi connectivity index (χ4v) is 4.81. The van der Waals surface area contributed by atoms with Crippen LogP contribution >= 0.6 is 22.9 Å². The Bertz CT molecular complexity index is 759. The van der Waals surface area contributed by atoms with E-state index < -0.39 is 0 Å². The zero-order valence-corrected chi connectivity index (χ0v) is 16.2. The number of hydrogen-bond acceptors (Lipinski definition) is 4. The number of nitrogens with one attached hydrogen (secondary N) is 1. The van der Waals surface area contributed by atoms with Crippen molar-refractivity contribution in [1.29, 1.82) is 0 Å². The minimum Gasteiger partial charge on any atom is -0.482 e. The molecular formula is C20H23ClN2O2S. The maximum Gasteiger partial charge on any atom is 0.261 e. The van der Waals surface area contributed by atoms with E-state index in [0.29, 0.717) is 28.8 Å². The molecule has 1 aromatic heterocycles. The van der Waals surface area contributed by atoms with E-state index in [9.17, 15) is 4.79 Å². The molecule has 1 spiro atoms. The van der Waals surface area contributed by atoms with E-state index in [1.165, 1.54) is 5.56 Å². The molecule has 1 saturated carbocycles. The lowest BCUT2D eigenvalue weighted by Crippen LogP contribution is -2.41. The van der Waals surface area contributed by atoms with Crippen molar-refractivity contribution in [3.8, 4) is 5.75 Å². The van der Waals surface area contributed by atoms with Crippen LogP contribution in [0.1, 0.15) is 24.8 Å². The third kappa shape index (κ3) is 3.75. The van der Waals surface area contributed by atoms with Crippen molar-refractivity contribution in [2.45, 2.75) is 31.8 Å². The largest absolute Gasteiger partial charge is 0.482 e. The molecule has 4 nitrogen and oxygen atoms in total. The summed E-state index contributed by atoms with van der Waals surface area (Å²) in [6.07, 6.45) is 3.41. The summed E-state index contributed by atoms with van der Waals surface area (Å²) in [4.78, 5) is 15.0. The molecule has 1 aromatic carbocycles. The molecule has 1 atom stereocenters. The summed E-state index contributed by atoms with van der Waals surface area (Å²) in [5.74, 6) is 0.599. The van der Waals surface area contributed by atoms with Gasteiger partial charge in [0.1, 0.15) is 5.75 Å². The summed E-state index contributed by atoms with van der Waals surface area (Å²) < 4.78 is 5.72. The minimum atomic E-state index is 0.0265. The van der Waals surface area contributed by atoms with Crippen LogP contribution in [0.3, 0.4) is 0 Å². The van der Waals surface area contributed by atoms with Gasteiger partial charge in [-0.05, 0) is 72.3 Å². The van der Waals surface area contributed by atoms with Gasteiger partial charge in [-0.15, -0.1) is 0 Å². The maximum atomic E-state index is 13.0. The smallest absolute Gasteiger partial charge is 0.261 e. The number of ether oxygens (including phenoxy) is 1.